The summed E-state index contributed by atoms with van der Waals surface area (Å²) in [7, 11) is -2.68. The molecule has 0 bridgehead atoms. The number of carbonyl (C=O) groups is 1. The van der Waals surface area contributed by atoms with Crippen LogP contribution in [-0.4, -0.2) is 45.6 Å². The molecule has 39 heavy (non-hydrogen) atoms. The molecule has 1 aliphatic heterocycles. The van der Waals surface area contributed by atoms with E-state index in [0.29, 0.717) is 36.2 Å². The molecule has 0 aliphatic carbocycles. The topological polar surface area (TPSA) is 84.9 Å². The van der Waals surface area contributed by atoms with Crippen LogP contribution in [0, 0.1) is 5.41 Å². The van der Waals surface area contributed by atoms with E-state index in [4.69, 9.17) is 4.74 Å². The molecule has 0 saturated carbocycles. The van der Waals surface area contributed by atoms with Crippen molar-refractivity contribution in [3.05, 3.63) is 48.5 Å². The minimum atomic E-state index is -3.74. The Kier molecular flexibility index (Phi) is 9.64. The fourth-order valence-corrected chi connectivity index (χ4v) is 7.34. The molecule has 0 radical (unpaired) electrons. The summed E-state index contributed by atoms with van der Waals surface area (Å²) in [5.74, 6) is -2.28. The van der Waals surface area contributed by atoms with Crippen molar-refractivity contribution in [3.63, 3.8) is 0 Å². The normalized spacial score (nSPS) is 16.7. The third-order valence-corrected chi connectivity index (χ3v) is 10.3. The zero-order valence-corrected chi connectivity index (χ0v) is 25.4. The molecule has 0 spiro atoms. The van der Waals surface area contributed by atoms with Gasteiger partial charge in [0.05, 0.1) is 28.3 Å². The van der Waals surface area contributed by atoms with Gasteiger partial charge in [0.15, 0.2) is 9.84 Å². The molecule has 0 aromatic heterocycles. The van der Waals surface area contributed by atoms with Gasteiger partial charge in [-0.25, -0.2) is 13.2 Å². The van der Waals surface area contributed by atoms with Gasteiger partial charge in [0, 0.05) is 34.9 Å². The van der Waals surface area contributed by atoms with Crippen molar-refractivity contribution in [1.29, 1.82) is 0 Å². The van der Waals surface area contributed by atoms with Crippen molar-refractivity contribution >= 4 is 44.6 Å². The summed E-state index contributed by atoms with van der Waals surface area (Å²) < 4.78 is 51.5. The number of sulfone groups is 1. The highest BCUT2D eigenvalue weighted by Crippen LogP contribution is 2.47. The number of anilines is 3. The van der Waals surface area contributed by atoms with Gasteiger partial charge in [-0.05, 0) is 69.7 Å². The SMILES string of the molecule is CCC1(CC)CN(c2ccc(NC(C)(C)CC)cc2)c2cc(SC)c(O/C=C(\F)C(=O)OC)cc2S(=O)(=O)C1. The predicted octanol–water partition coefficient (Wildman–Crippen LogP) is 7.10. The number of carbonyl (C=O) groups excluding carboxylic acids is 1. The van der Waals surface area contributed by atoms with Crippen molar-refractivity contribution in [2.24, 2.45) is 5.41 Å². The van der Waals surface area contributed by atoms with Crippen LogP contribution in [0.15, 0.2) is 58.3 Å². The van der Waals surface area contributed by atoms with E-state index < -0.39 is 27.0 Å². The number of nitrogens with one attached hydrogen (secondary N) is 1. The van der Waals surface area contributed by atoms with Crippen LogP contribution in [0.1, 0.15) is 53.9 Å². The minimum absolute atomic E-state index is 0.0226. The van der Waals surface area contributed by atoms with E-state index in [2.05, 4.69) is 35.7 Å². The maximum atomic E-state index is 14.0. The third-order valence-electron chi connectivity index (χ3n) is 7.58. The largest absolute Gasteiger partial charge is 0.464 e. The average Bonchev–Trinajstić information content (AvgIpc) is 3.02. The zero-order chi connectivity index (χ0) is 29.0. The molecule has 0 atom stereocenters. The fraction of sp³-hybridized carbons (Fsp3) is 0.483. The van der Waals surface area contributed by atoms with Crippen LogP contribution in [0.3, 0.4) is 0 Å². The lowest BCUT2D eigenvalue weighted by Crippen LogP contribution is -2.37. The first-order chi connectivity index (χ1) is 18.3. The summed E-state index contributed by atoms with van der Waals surface area (Å²) in [6, 6.07) is 11.2. The van der Waals surface area contributed by atoms with Gasteiger partial charge in [0.2, 0.25) is 5.83 Å². The van der Waals surface area contributed by atoms with Crippen molar-refractivity contribution in [2.75, 3.05) is 35.9 Å². The number of fused-ring (bicyclic) bond motifs is 1. The molecule has 1 aliphatic rings. The van der Waals surface area contributed by atoms with Gasteiger partial charge in [-0.1, -0.05) is 20.8 Å². The fourth-order valence-electron chi connectivity index (χ4n) is 4.56. The maximum Gasteiger partial charge on any atom is 0.370 e. The van der Waals surface area contributed by atoms with Gasteiger partial charge in [-0.3, -0.25) is 0 Å². The number of esters is 1. The molecule has 2 aromatic rings. The van der Waals surface area contributed by atoms with Gasteiger partial charge in [-0.15, -0.1) is 11.8 Å². The first kappa shape index (κ1) is 30.8. The van der Waals surface area contributed by atoms with Crippen LogP contribution < -0.4 is 15.0 Å². The first-order valence-corrected chi connectivity index (χ1v) is 15.9. The predicted molar refractivity (Wildman–Crippen MR) is 157 cm³/mol. The van der Waals surface area contributed by atoms with Crippen LogP contribution in [-0.2, 0) is 19.4 Å². The Labute approximate surface area is 236 Å². The molecule has 214 valence electrons. The molecule has 1 N–H and O–H groups in total. The average molecular weight is 579 g/mol. The van der Waals surface area contributed by atoms with E-state index in [-0.39, 0.29) is 21.9 Å². The number of halogens is 1. The quantitative estimate of drug-likeness (QED) is 0.138. The second-order valence-electron chi connectivity index (χ2n) is 10.5. The van der Waals surface area contributed by atoms with Crippen LogP contribution in [0.4, 0.5) is 21.5 Å². The summed E-state index contributed by atoms with van der Waals surface area (Å²) in [4.78, 5) is 14.2. The highest BCUT2D eigenvalue weighted by Gasteiger charge is 2.41. The molecule has 7 nitrogen and oxygen atoms in total. The minimum Gasteiger partial charge on any atom is -0.464 e. The number of hydrogen-bond donors (Lipinski definition) is 1. The molecule has 0 amide bonds. The van der Waals surface area contributed by atoms with Gasteiger partial charge >= 0.3 is 5.97 Å². The lowest BCUT2D eigenvalue weighted by atomic mass is 9.83. The number of rotatable bonds is 10. The standard InChI is InChI=1S/C29H39FN2O5S2/c1-8-28(4,5)31-20-11-13-21(14-12-20)32-18-29(9-2,10-3)19-39(34,35)26-16-24(25(38-7)15-23(26)32)37-17-22(30)27(33)36-6/h11-17,31H,8-10,18-19H2,1-7H3/b22-17-. The van der Waals surface area contributed by atoms with Gasteiger partial charge in [-0.2, -0.15) is 4.39 Å². The van der Waals surface area contributed by atoms with Crippen molar-refractivity contribution in [3.8, 4) is 5.75 Å². The number of ether oxygens (including phenoxy) is 2. The van der Waals surface area contributed by atoms with Crippen LogP contribution in [0.25, 0.3) is 0 Å². The molecule has 0 unspecified atom stereocenters. The van der Waals surface area contributed by atoms with Crippen LogP contribution in [0.5, 0.6) is 5.75 Å². The van der Waals surface area contributed by atoms with E-state index in [9.17, 15) is 17.6 Å². The first-order valence-electron chi connectivity index (χ1n) is 13.1. The summed E-state index contributed by atoms with van der Waals surface area (Å²) in [6.07, 6.45) is 4.79. The summed E-state index contributed by atoms with van der Waals surface area (Å²) in [5, 5.41) is 3.54. The smallest absolute Gasteiger partial charge is 0.370 e. The van der Waals surface area contributed by atoms with E-state index in [1.807, 2.05) is 44.4 Å². The molecule has 1 heterocycles. The second-order valence-corrected chi connectivity index (χ2v) is 13.3. The molecular formula is C29H39FN2O5S2. The molecule has 2 aromatic carbocycles. The lowest BCUT2D eigenvalue weighted by Gasteiger charge is -2.35. The Hall–Kier alpha value is -2.72. The summed E-state index contributed by atoms with van der Waals surface area (Å²) >= 11 is 1.34. The zero-order valence-electron chi connectivity index (χ0n) is 23.8. The van der Waals surface area contributed by atoms with E-state index in [1.54, 1.807) is 6.07 Å². The van der Waals surface area contributed by atoms with Crippen molar-refractivity contribution in [2.45, 2.75) is 69.2 Å². The van der Waals surface area contributed by atoms with E-state index >= 15 is 0 Å². The second kappa shape index (κ2) is 12.2. The lowest BCUT2D eigenvalue weighted by molar-refractivity contribution is -0.137. The van der Waals surface area contributed by atoms with E-state index in [0.717, 1.165) is 24.9 Å². The van der Waals surface area contributed by atoms with Crippen LogP contribution >= 0.6 is 11.8 Å². The Bertz CT molecular complexity index is 1320. The number of benzene rings is 2. The molecule has 0 fully saturated rings. The third kappa shape index (κ3) is 6.90. The summed E-state index contributed by atoms with van der Waals surface area (Å²) in [5.41, 5.74) is 1.87. The monoisotopic (exact) mass is 578 g/mol. The molecule has 0 saturated heterocycles. The Morgan fingerprint density at radius 3 is 2.36 bits per heavy atom. The highest BCUT2D eigenvalue weighted by molar-refractivity contribution is 7.98. The van der Waals surface area contributed by atoms with Crippen molar-refractivity contribution < 1.29 is 27.1 Å². The molecule has 10 heteroatoms. The Morgan fingerprint density at radius 2 is 1.82 bits per heavy atom. The summed E-state index contributed by atoms with van der Waals surface area (Å²) in [6.45, 7) is 11.0. The number of hydrogen-bond acceptors (Lipinski definition) is 8. The number of nitrogens with zero attached hydrogens (tertiary/aromatic N) is 1. The molecule has 3 rings (SSSR count). The highest BCUT2D eigenvalue weighted by atomic mass is 32.2. The Morgan fingerprint density at radius 1 is 1.18 bits per heavy atom. The molecular weight excluding hydrogens is 539 g/mol. The van der Waals surface area contributed by atoms with Crippen molar-refractivity contribution in [1.82, 2.24) is 0 Å². The van der Waals surface area contributed by atoms with Gasteiger partial charge in [0.25, 0.3) is 0 Å². The van der Waals surface area contributed by atoms with Gasteiger partial charge < -0.3 is 19.7 Å². The Balaban J connectivity index is 2.18. The number of thioether (sulfide) groups is 1. The van der Waals surface area contributed by atoms with Crippen LogP contribution in [0.2, 0.25) is 0 Å². The van der Waals surface area contributed by atoms with E-state index in [1.165, 1.54) is 17.8 Å². The maximum absolute atomic E-state index is 14.0. The van der Waals surface area contributed by atoms with Gasteiger partial charge in [0.1, 0.15) is 12.0 Å². The number of methoxy groups -OCH3 is 1.